The number of fused-ring (bicyclic) bond motifs is 1. The Balaban J connectivity index is 1.80. The first kappa shape index (κ1) is 14.8. The Labute approximate surface area is 133 Å². The van der Waals surface area contributed by atoms with E-state index >= 15 is 0 Å². The lowest BCUT2D eigenvalue weighted by atomic mass is 10.0. The molecule has 0 bridgehead atoms. The lowest BCUT2D eigenvalue weighted by Gasteiger charge is -2.11. The predicted octanol–water partition coefficient (Wildman–Crippen LogP) is 4.40. The van der Waals surface area contributed by atoms with Crippen molar-refractivity contribution < 1.29 is 14.3 Å². The van der Waals surface area contributed by atoms with Crippen LogP contribution in [-0.4, -0.2) is 12.4 Å². The molecule has 0 atom stereocenters. The van der Waals surface area contributed by atoms with Crippen LogP contribution >= 0.6 is 0 Å². The summed E-state index contributed by atoms with van der Waals surface area (Å²) in [6, 6.07) is 20.5. The van der Waals surface area contributed by atoms with E-state index in [1.165, 1.54) is 0 Å². The van der Waals surface area contributed by atoms with Crippen molar-refractivity contribution in [3.63, 3.8) is 0 Å². The van der Waals surface area contributed by atoms with Gasteiger partial charge in [-0.05, 0) is 17.0 Å². The van der Waals surface area contributed by atoms with E-state index in [9.17, 15) is 9.59 Å². The van der Waals surface area contributed by atoms with E-state index in [-0.39, 0.29) is 6.61 Å². The van der Waals surface area contributed by atoms with Gasteiger partial charge in [0.15, 0.2) is 6.29 Å². The minimum absolute atomic E-state index is 0.174. The van der Waals surface area contributed by atoms with E-state index in [4.69, 9.17) is 4.74 Å². The number of hydrogen-bond donors (Lipinski definition) is 1. The van der Waals surface area contributed by atoms with E-state index in [2.05, 4.69) is 5.32 Å². The van der Waals surface area contributed by atoms with Crippen LogP contribution in [-0.2, 0) is 11.3 Å². The van der Waals surface area contributed by atoms with E-state index in [1.807, 2.05) is 60.7 Å². The molecule has 0 saturated carbocycles. The maximum atomic E-state index is 12.0. The van der Waals surface area contributed by atoms with Crippen LogP contribution in [0.1, 0.15) is 15.9 Å². The number of hydrogen-bond acceptors (Lipinski definition) is 3. The van der Waals surface area contributed by atoms with Crippen LogP contribution in [0.4, 0.5) is 10.5 Å². The van der Waals surface area contributed by atoms with E-state index < -0.39 is 6.09 Å². The molecule has 0 unspecified atom stereocenters. The maximum Gasteiger partial charge on any atom is 0.411 e. The molecule has 0 aliphatic rings. The van der Waals surface area contributed by atoms with Gasteiger partial charge in [-0.2, -0.15) is 0 Å². The standard InChI is InChI=1S/C19H15NO3/c21-12-16-11-10-15-8-4-5-9-17(15)18(16)20-19(22)23-13-14-6-2-1-3-7-14/h1-12H,13H2,(H,20,22). The molecule has 114 valence electrons. The van der Waals surface area contributed by atoms with E-state index in [0.717, 1.165) is 22.6 Å². The fourth-order valence-electron chi connectivity index (χ4n) is 2.39. The third kappa shape index (κ3) is 3.37. The minimum Gasteiger partial charge on any atom is -0.444 e. The summed E-state index contributed by atoms with van der Waals surface area (Å²) >= 11 is 0. The smallest absolute Gasteiger partial charge is 0.411 e. The SMILES string of the molecule is O=Cc1ccc2ccccc2c1NC(=O)OCc1ccccc1. The monoisotopic (exact) mass is 305 g/mol. The Kier molecular flexibility index (Phi) is 4.34. The number of benzene rings is 3. The third-order valence-corrected chi connectivity index (χ3v) is 3.53. The normalized spacial score (nSPS) is 10.3. The molecule has 3 aromatic carbocycles. The predicted molar refractivity (Wildman–Crippen MR) is 89.6 cm³/mol. The van der Waals surface area contributed by atoms with Crippen LogP contribution in [0, 0.1) is 0 Å². The number of rotatable bonds is 4. The third-order valence-electron chi connectivity index (χ3n) is 3.53. The van der Waals surface area contributed by atoms with Crippen molar-refractivity contribution in [2.75, 3.05) is 5.32 Å². The first-order valence-electron chi connectivity index (χ1n) is 7.22. The average Bonchev–Trinajstić information content (AvgIpc) is 2.61. The lowest BCUT2D eigenvalue weighted by molar-refractivity contribution is 0.112. The van der Waals surface area contributed by atoms with Gasteiger partial charge < -0.3 is 4.74 Å². The summed E-state index contributed by atoms with van der Waals surface area (Å²) < 4.78 is 5.21. The first-order chi connectivity index (χ1) is 11.3. The maximum absolute atomic E-state index is 12.0. The molecule has 0 aliphatic heterocycles. The summed E-state index contributed by atoms with van der Waals surface area (Å²) in [6.07, 6.45) is 0.132. The molecule has 0 fully saturated rings. The van der Waals surface area contributed by atoms with Gasteiger partial charge in [-0.1, -0.05) is 60.7 Å². The summed E-state index contributed by atoms with van der Waals surface area (Å²) in [5, 5.41) is 4.42. The highest BCUT2D eigenvalue weighted by Crippen LogP contribution is 2.26. The van der Waals surface area contributed by atoms with Crippen LogP contribution in [0.2, 0.25) is 0 Å². The van der Waals surface area contributed by atoms with Crippen molar-refractivity contribution in [2.24, 2.45) is 0 Å². The van der Waals surface area contributed by atoms with Crippen molar-refractivity contribution in [1.82, 2.24) is 0 Å². The molecule has 0 aliphatic carbocycles. The fourth-order valence-corrected chi connectivity index (χ4v) is 2.39. The van der Waals surface area contributed by atoms with E-state index in [1.54, 1.807) is 6.07 Å². The highest BCUT2D eigenvalue weighted by atomic mass is 16.5. The number of ether oxygens (including phenoxy) is 1. The van der Waals surface area contributed by atoms with Crippen molar-refractivity contribution in [3.05, 3.63) is 77.9 Å². The number of anilines is 1. The summed E-state index contributed by atoms with van der Waals surface area (Å²) in [7, 11) is 0. The molecule has 4 nitrogen and oxygen atoms in total. The van der Waals surface area contributed by atoms with Crippen molar-refractivity contribution in [2.45, 2.75) is 6.61 Å². The molecule has 0 spiro atoms. The molecular formula is C19H15NO3. The van der Waals surface area contributed by atoms with Gasteiger partial charge in [0.1, 0.15) is 6.61 Å². The Hall–Kier alpha value is -3.14. The summed E-state index contributed by atoms with van der Waals surface area (Å²) in [5.74, 6) is 0. The Morgan fingerprint density at radius 2 is 1.70 bits per heavy atom. The zero-order valence-electron chi connectivity index (χ0n) is 12.4. The Bertz CT molecular complexity index is 844. The van der Waals surface area contributed by atoms with E-state index in [0.29, 0.717) is 11.3 Å². The van der Waals surface area contributed by atoms with Gasteiger partial charge in [0.05, 0.1) is 5.69 Å². The first-order valence-corrected chi connectivity index (χ1v) is 7.22. The Morgan fingerprint density at radius 3 is 2.48 bits per heavy atom. The van der Waals surface area contributed by atoms with Crippen molar-refractivity contribution in [3.8, 4) is 0 Å². The van der Waals surface area contributed by atoms with Crippen LogP contribution in [0.3, 0.4) is 0 Å². The zero-order valence-corrected chi connectivity index (χ0v) is 12.4. The van der Waals surface area contributed by atoms with Crippen LogP contribution < -0.4 is 5.32 Å². The van der Waals surface area contributed by atoms with Crippen LogP contribution in [0.5, 0.6) is 0 Å². The van der Waals surface area contributed by atoms with Gasteiger partial charge in [0.2, 0.25) is 0 Å². The quantitative estimate of drug-likeness (QED) is 0.727. The molecule has 4 heteroatoms. The molecule has 0 radical (unpaired) electrons. The van der Waals surface area contributed by atoms with Gasteiger partial charge in [0, 0.05) is 10.9 Å². The van der Waals surface area contributed by atoms with Crippen molar-refractivity contribution in [1.29, 1.82) is 0 Å². The molecule has 3 rings (SSSR count). The molecule has 0 saturated heterocycles. The number of carbonyl (C=O) groups excluding carboxylic acids is 2. The number of carbonyl (C=O) groups is 2. The summed E-state index contributed by atoms with van der Waals surface area (Å²) in [4.78, 5) is 23.3. The van der Waals surface area contributed by atoms with Gasteiger partial charge >= 0.3 is 6.09 Å². The second-order valence-electron chi connectivity index (χ2n) is 5.06. The van der Waals surface area contributed by atoms with Gasteiger partial charge in [-0.3, -0.25) is 10.1 Å². The lowest BCUT2D eigenvalue weighted by Crippen LogP contribution is -2.15. The fraction of sp³-hybridized carbons (Fsp3) is 0.0526. The van der Waals surface area contributed by atoms with Crippen molar-refractivity contribution >= 4 is 28.8 Å². The molecule has 0 heterocycles. The highest BCUT2D eigenvalue weighted by Gasteiger charge is 2.11. The zero-order chi connectivity index (χ0) is 16.1. The molecule has 0 aromatic heterocycles. The number of aldehydes is 1. The number of nitrogens with one attached hydrogen (secondary N) is 1. The minimum atomic E-state index is -0.590. The molecule has 1 N–H and O–H groups in total. The van der Waals surface area contributed by atoms with Gasteiger partial charge in [0.25, 0.3) is 0 Å². The largest absolute Gasteiger partial charge is 0.444 e. The summed E-state index contributed by atoms with van der Waals surface area (Å²) in [6.45, 7) is 0.174. The second kappa shape index (κ2) is 6.75. The molecule has 23 heavy (non-hydrogen) atoms. The number of amides is 1. The Morgan fingerprint density at radius 1 is 0.957 bits per heavy atom. The molecule has 1 amide bonds. The topological polar surface area (TPSA) is 55.4 Å². The van der Waals surface area contributed by atoms with Gasteiger partial charge in [-0.15, -0.1) is 0 Å². The average molecular weight is 305 g/mol. The van der Waals surface area contributed by atoms with Gasteiger partial charge in [-0.25, -0.2) is 4.79 Å². The second-order valence-corrected chi connectivity index (χ2v) is 5.06. The highest BCUT2D eigenvalue weighted by molar-refractivity contribution is 6.06. The van der Waals surface area contributed by atoms with Crippen LogP contribution in [0.25, 0.3) is 10.8 Å². The molecular weight excluding hydrogens is 290 g/mol. The summed E-state index contributed by atoms with van der Waals surface area (Å²) in [5.41, 5.74) is 1.78. The van der Waals surface area contributed by atoms with Crippen LogP contribution in [0.15, 0.2) is 66.7 Å². The molecule has 3 aromatic rings.